The first-order valence-electron chi connectivity index (χ1n) is 7.45. The third-order valence-electron chi connectivity index (χ3n) is 3.95. The number of anilines is 2. The van der Waals surface area contributed by atoms with Crippen molar-refractivity contribution in [2.24, 2.45) is 0 Å². The van der Waals surface area contributed by atoms with E-state index in [1.807, 2.05) is 32.0 Å². The van der Waals surface area contributed by atoms with E-state index >= 15 is 0 Å². The van der Waals surface area contributed by atoms with Gasteiger partial charge in [-0.15, -0.1) is 0 Å². The van der Waals surface area contributed by atoms with Gasteiger partial charge in [0.1, 0.15) is 11.8 Å². The molecule has 0 bridgehead atoms. The molecule has 0 spiro atoms. The average Bonchev–Trinajstić information content (AvgIpc) is 2.77. The minimum absolute atomic E-state index is 0.118. The fraction of sp³-hybridized carbons (Fsp3) is 0.222. The minimum atomic E-state index is -0.590. The van der Waals surface area contributed by atoms with Crippen LogP contribution in [0.5, 0.6) is 5.75 Å². The summed E-state index contributed by atoms with van der Waals surface area (Å²) >= 11 is 0. The maximum absolute atomic E-state index is 12.6. The van der Waals surface area contributed by atoms with Gasteiger partial charge in [0.25, 0.3) is 5.91 Å². The molecule has 3 rings (SSSR count). The Morgan fingerprint density at radius 3 is 2.43 bits per heavy atom. The Balaban J connectivity index is 1.83. The Hall–Kier alpha value is -2.82. The SMILES string of the molecule is Cc1ccc(N2C(=O)CC(Nc3ccc(O)cc3)C2=O)c(C)c1. The van der Waals surface area contributed by atoms with Crippen LogP contribution in [-0.4, -0.2) is 23.0 Å². The number of phenols is 1. The van der Waals surface area contributed by atoms with Crippen molar-refractivity contribution in [1.29, 1.82) is 0 Å². The molecule has 1 aliphatic rings. The Bertz CT molecular complexity index is 768. The van der Waals surface area contributed by atoms with E-state index in [2.05, 4.69) is 5.32 Å². The van der Waals surface area contributed by atoms with Crippen LogP contribution in [0.15, 0.2) is 42.5 Å². The van der Waals surface area contributed by atoms with Crippen LogP contribution in [0.2, 0.25) is 0 Å². The van der Waals surface area contributed by atoms with Crippen LogP contribution >= 0.6 is 0 Å². The molecule has 2 aromatic carbocycles. The molecule has 0 aromatic heterocycles. The van der Waals surface area contributed by atoms with Crippen molar-refractivity contribution in [3.05, 3.63) is 53.6 Å². The fourth-order valence-corrected chi connectivity index (χ4v) is 2.81. The molecule has 0 saturated carbocycles. The summed E-state index contributed by atoms with van der Waals surface area (Å²) in [7, 11) is 0. The third kappa shape index (κ3) is 2.90. The van der Waals surface area contributed by atoms with Crippen LogP contribution in [0, 0.1) is 13.8 Å². The first kappa shape index (κ1) is 15.1. The number of hydrogen-bond acceptors (Lipinski definition) is 4. The number of amides is 2. The molecule has 2 N–H and O–H groups in total. The van der Waals surface area contributed by atoms with E-state index in [0.717, 1.165) is 11.1 Å². The highest BCUT2D eigenvalue weighted by molar-refractivity contribution is 6.23. The van der Waals surface area contributed by atoms with Crippen LogP contribution in [-0.2, 0) is 9.59 Å². The van der Waals surface area contributed by atoms with Crippen molar-refractivity contribution in [2.45, 2.75) is 26.3 Å². The van der Waals surface area contributed by atoms with E-state index in [0.29, 0.717) is 11.4 Å². The summed E-state index contributed by atoms with van der Waals surface area (Å²) in [5, 5.41) is 12.4. The van der Waals surface area contributed by atoms with Gasteiger partial charge < -0.3 is 10.4 Å². The first-order chi connectivity index (χ1) is 11.0. The zero-order valence-electron chi connectivity index (χ0n) is 13.0. The van der Waals surface area contributed by atoms with Crippen molar-refractivity contribution in [3.8, 4) is 5.75 Å². The Labute approximate surface area is 134 Å². The highest BCUT2D eigenvalue weighted by Crippen LogP contribution is 2.28. The molecule has 1 heterocycles. The Kier molecular flexibility index (Phi) is 3.78. The normalized spacial score (nSPS) is 17.7. The lowest BCUT2D eigenvalue weighted by molar-refractivity contribution is -0.121. The quantitative estimate of drug-likeness (QED) is 0.675. The summed E-state index contributed by atoms with van der Waals surface area (Å²) in [6.07, 6.45) is 0.118. The van der Waals surface area contributed by atoms with Crippen molar-refractivity contribution in [3.63, 3.8) is 0 Å². The largest absolute Gasteiger partial charge is 0.508 e. The predicted octanol–water partition coefficient (Wildman–Crippen LogP) is 2.75. The molecule has 0 radical (unpaired) electrons. The molecule has 23 heavy (non-hydrogen) atoms. The number of rotatable bonds is 3. The van der Waals surface area contributed by atoms with E-state index in [-0.39, 0.29) is 24.0 Å². The van der Waals surface area contributed by atoms with Crippen LogP contribution in [0.1, 0.15) is 17.5 Å². The number of nitrogens with one attached hydrogen (secondary N) is 1. The van der Waals surface area contributed by atoms with Crippen molar-refractivity contribution in [2.75, 3.05) is 10.2 Å². The van der Waals surface area contributed by atoms with Crippen LogP contribution in [0.4, 0.5) is 11.4 Å². The zero-order chi connectivity index (χ0) is 16.6. The van der Waals surface area contributed by atoms with E-state index in [4.69, 9.17) is 0 Å². The number of imide groups is 1. The number of aromatic hydroxyl groups is 1. The van der Waals surface area contributed by atoms with Crippen molar-refractivity contribution < 1.29 is 14.7 Å². The van der Waals surface area contributed by atoms with Gasteiger partial charge >= 0.3 is 0 Å². The summed E-state index contributed by atoms with van der Waals surface area (Å²) < 4.78 is 0. The van der Waals surface area contributed by atoms with Crippen molar-refractivity contribution >= 4 is 23.2 Å². The number of phenolic OH excluding ortho intramolecular Hbond substituents is 1. The number of hydrogen-bond donors (Lipinski definition) is 2. The van der Waals surface area contributed by atoms with Crippen LogP contribution in [0.3, 0.4) is 0 Å². The number of aryl methyl sites for hydroxylation is 2. The van der Waals surface area contributed by atoms with Gasteiger partial charge in [0.15, 0.2) is 0 Å². The maximum Gasteiger partial charge on any atom is 0.256 e. The number of nitrogens with zero attached hydrogens (tertiary/aromatic N) is 1. The average molecular weight is 310 g/mol. The van der Waals surface area contributed by atoms with Gasteiger partial charge in [0.05, 0.1) is 12.1 Å². The van der Waals surface area contributed by atoms with Crippen LogP contribution < -0.4 is 10.2 Å². The van der Waals surface area contributed by atoms with Gasteiger partial charge in [0, 0.05) is 5.69 Å². The molecule has 1 saturated heterocycles. The van der Waals surface area contributed by atoms with Gasteiger partial charge in [-0.2, -0.15) is 0 Å². The molecule has 2 amide bonds. The van der Waals surface area contributed by atoms with E-state index in [9.17, 15) is 14.7 Å². The van der Waals surface area contributed by atoms with Gasteiger partial charge in [0.2, 0.25) is 5.91 Å². The summed E-state index contributed by atoms with van der Waals surface area (Å²) in [5.41, 5.74) is 3.32. The monoisotopic (exact) mass is 310 g/mol. The molecular weight excluding hydrogens is 292 g/mol. The van der Waals surface area contributed by atoms with E-state index < -0.39 is 6.04 Å². The molecule has 5 heteroatoms. The van der Waals surface area contributed by atoms with Gasteiger partial charge in [-0.3, -0.25) is 9.59 Å². The molecule has 2 aromatic rings. The topological polar surface area (TPSA) is 69.6 Å². The van der Waals surface area contributed by atoms with E-state index in [1.54, 1.807) is 12.1 Å². The second-order valence-corrected chi connectivity index (χ2v) is 5.81. The third-order valence-corrected chi connectivity index (χ3v) is 3.95. The van der Waals surface area contributed by atoms with E-state index in [1.165, 1.54) is 17.0 Å². The summed E-state index contributed by atoms with van der Waals surface area (Å²) in [6.45, 7) is 3.86. The van der Waals surface area contributed by atoms with Crippen LogP contribution in [0.25, 0.3) is 0 Å². The lowest BCUT2D eigenvalue weighted by atomic mass is 10.1. The predicted molar refractivity (Wildman–Crippen MR) is 88.5 cm³/mol. The van der Waals surface area contributed by atoms with Gasteiger partial charge in [-0.25, -0.2) is 4.90 Å². The number of carbonyl (C=O) groups excluding carboxylic acids is 2. The molecule has 1 unspecified atom stereocenters. The number of benzene rings is 2. The summed E-state index contributed by atoms with van der Waals surface area (Å²) in [6, 6.07) is 11.5. The lowest BCUT2D eigenvalue weighted by Crippen LogP contribution is -2.35. The maximum atomic E-state index is 12.6. The Morgan fingerprint density at radius 1 is 1.09 bits per heavy atom. The molecule has 0 aliphatic carbocycles. The molecule has 5 nitrogen and oxygen atoms in total. The standard InChI is InChI=1S/C18H18N2O3/c1-11-3-8-16(12(2)9-11)20-17(22)10-15(18(20)23)19-13-4-6-14(21)7-5-13/h3-9,15,19,21H,10H2,1-2H3. The first-order valence-corrected chi connectivity index (χ1v) is 7.45. The lowest BCUT2D eigenvalue weighted by Gasteiger charge is -2.18. The molecule has 1 aliphatic heterocycles. The summed E-state index contributed by atoms with van der Waals surface area (Å²) in [5.74, 6) is -0.311. The number of carbonyl (C=O) groups is 2. The fourth-order valence-electron chi connectivity index (χ4n) is 2.81. The van der Waals surface area contributed by atoms with Crippen molar-refractivity contribution in [1.82, 2.24) is 0 Å². The molecular formula is C18H18N2O3. The highest BCUT2D eigenvalue weighted by atomic mass is 16.3. The van der Waals surface area contributed by atoms with Gasteiger partial charge in [-0.05, 0) is 49.7 Å². The Morgan fingerprint density at radius 2 is 1.78 bits per heavy atom. The summed E-state index contributed by atoms with van der Waals surface area (Å²) in [4.78, 5) is 26.2. The second-order valence-electron chi connectivity index (χ2n) is 5.81. The molecule has 1 atom stereocenters. The minimum Gasteiger partial charge on any atom is -0.508 e. The highest BCUT2D eigenvalue weighted by Gasteiger charge is 2.40. The molecule has 118 valence electrons. The zero-order valence-corrected chi connectivity index (χ0v) is 13.0. The second kappa shape index (κ2) is 5.76. The van der Waals surface area contributed by atoms with Gasteiger partial charge in [-0.1, -0.05) is 17.7 Å². The molecule has 1 fully saturated rings. The smallest absolute Gasteiger partial charge is 0.256 e.